The van der Waals surface area contributed by atoms with Crippen LogP contribution < -0.4 is 15.8 Å². The summed E-state index contributed by atoms with van der Waals surface area (Å²) in [6, 6.07) is 5.89. The van der Waals surface area contributed by atoms with E-state index in [4.69, 9.17) is 10.5 Å². The van der Waals surface area contributed by atoms with E-state index in [1.54, 1.807) is 7.05 Å². The molecule has 4 heteroatoms. The van der Waals surface area contributed by atoms with Gasteiger partial charge in [0.25, 0.3) is 0 Å². The number of carbonyl (C=O) groups is 1. The summed E-state index contributed by atoms with van der Waals surface area (Å²) in [5.74, 6) is 0.715. The van der Waals surface area contributed by atoms with Crippen molar-refractivity contribution in [3.8, 4) is 5.75 Å². The Hall–Kier alpha value is -1.91. The highest BCUT2D eigenvalue weighted by Crippen LogP contribution is 2.57. The number of Topliss-reactive ketones (excluding diaryl/α,β-unsaturated/α-hetero) is 1. The van der Waals surface area contributed by atoms with E-state index >= 15 is 0 Å². The van der Waals surface area contributed by atoms with Crippen molar-refractivity contribution in [2.24, 2.45) is 5.73 Å². The Bertz CT molecular complexity index is 734. The van der Waals surface area contributed by atoms with E-state index in [1.807, 2.05) is 37.3 Å². The van der Waals surface area contributed by atoms with Crippen LogP contribution in [0.3, 0.4) is 0 Å². The van der Waals surface area contributed by atoms with Crippen molar-refractivity contribution in [3.63, 3.8) is 0 Å². The lowest BCUT2D eigenvalue weighted by molar-refractivity contribution is -0.123. The summed E-state index contributed by atoms with van der Waals surface area (Å²) in [4.78, 5) is 13.1. The van der Waals surface area contributed by atoms with Crippen LogP contribution in [0.1, 0.15) is 24.0 Å². The number of fused-ring (bicyclic) bond motifs is 5. The lowest BCUT2D eigenvalue weighted by Gasteiger charge is -2.34. The van der Waals surface area contributed by atoms with Gasteiger partial charge in [-0.2, -0.15) is 0 Å². The topological polar surface area (TPSA) is 64.4 Å². The molecule has 1 aromatic carbocycles. The van der Waals surface area contributed by atoms with Crippen molar-refractivity contribution in [1.29, 1.82) is 0 Å². The van der Waals surface area contributed by atoms with E-state index in [2.05, 4.69) is 5.32 Å². The maximum absolute atomic E-state index is 13.1. The minimum absolute atomic E-state index is 0.0149. The smallest absolute Gasteiger partial charge is 0.215 e. The first-order chi connectivity index (χ1) is 10.0. The summed E-state index contributed by atoms with van der Waals surface area (Å²) in [5.41, 5.74) is 7.93. The van der Waals surface area contributed by atoms with Crippen LogP contribution in [0.5, 0.6) is 5.75 Å². The number of aryl methyl sites for hydroxylation is 1. The van der Waals surface area contributed by atoms with Gasteiger partial charge >= 0.3 is 0 Å². The first-order valence-corrected chi connectivity index (χ1v) is 7.28. The van der Waals surface area contributed by atoms with Crippen LogP contribution in [0.4, 0.5) is 0 Å². The second kappa shape index (κ2) is 3.84. The lowest BCUT2D eigenvalue weighted by atomic mass is 9.82. The fraction of sp³-hybridized carbons (Fsp3) is 0.353. The zero-order valence-electron chi connectivity index (χ0n) is 12.2. The molecule has 108 valence electrons. The van der Waals surface area contributed by atoms with Crippen LogP contribution in [0.25, 0.3) is 0 Å². The minimum atomic E-state index is -1.15. The third-order valence-corrected chi connectivity index (χ3v) is 4.88. The number of nitrogens with two attached hydrogens (primary N) is 1. The molecule has 4 nitrogen and oxygen atoms in total. The number of benzene rings is 1. The summed E-state index contributed by atoms with van der Waals surface area (Å²) in [7, 11) is 1.77. The molecular weight excluding hydrogens is 264 g/mol. The molecule has 0 spiro atoms. The Labute approximate surface area is 123 Å². The lowest BCUT2D eigenvalue weighted by Crippen LogP contribution is -2.64. The Kier molecular flexibility index (Phi) is 2.34. The van der Waals surface area contributed by atoms with E-state index < -0.39 is 11.3 Å². The van der Waals surface area contributed by atoms with Crippen molar-refractivity contribution in [1.82, 2.24) is 5.32 Å². The Morgan fingerprint density at radius 1 is 1.29 bits per heavy atom. The van der Waals surface area contributed by atoms with Crippen LogP contribution in [0, 0.1) is 6.92 Å². The number of hydrogen-bond donors (Lipinski definition) is 2. The number of rotatable bonds is 1. The predicted molar refractivity (Wildman–Crippen MR) is 79.9 cm³/mol. The molecule has 1 aliphatic heterocycles. The maximum atomic E-state index is 13.1. The maximum Gasteiger partial charge on any atom is 0.215 e. The van der Waals surface area contributed by atoms with Crippen molar-refractivity contribution in [2.75, 3.05) is 7.05 Å². The van der Waals surface area contributed by atoms with Gasteiger partial charge in [0, 0.05) is 16.7 Å². The van der Waals surface area contributed by atoms with Gasteiger partial charge in [0.2, 0.25) is 5.72 Å². The second-order valence-electron chi connectivity index (χ2n) is 5.98. The van der Waals surface area contributed by atoms with Crippen molar-refractivity contribution in [2.45, 2.75) is 31.0 Å². The largest absolute Gasteiger partial charge is 0.465 e. The molecule has 3 N–H and O–H groups in total. The van der Waals surface area contributed by atoms with Gasteiger partial charge in [-0.05, 0) is 38.4 Å². The molecule has 21 heavy (non-hydrogen) atoms. The zero-order chi connectivity index (χ0) is 14.8. The van der Waals surface area contributed by atoms with Crippen LogP contribution in [-0.4, -0.2) is 18.6 Å². The fourth-order valence-electron chi connectivity index (χ4n) is 3.90. The standard InChI is InChI=1S/C17H18N2O2/c1-10-7-8-13-14(9-10)21-17(18)12-6-4-3-5-11(12)15(20)16(13,17)19-2/h5-9,19H,3-4,18H2,1-2H3. The first kappa shape index (κ1) is 12.8. The average molecular weight is 282 g/mol. The number of ketones is 1. The highest BCUT2D eigenvalue weighted by Gasteiger charge is 2.70. The summed E-state index contributed by atoms with van der Waals surface area (Å²) in [5, 5.41) is 3.18. The van der Waals surface area contributed by atoms with Gasteiger partial charge < -0.3 is 4.74 Å². The molecule has 1 fully saturated rings. The number of hydrogen-bond acceptors (Lipinski definition) is 4. The molecule has 1 saturated carbocycles. The molecule has 0 radical (unpaired) electrons. The number of ether oxygens (including phenoxy) is 1. The van der Waals surface area contributed by atoms with Crippen LogP contribution in [0.2, 0.25) is 0 Å². The molecule has 0 bridgehead atoms. The van der Waals surface area contributed by atoms with Crippen LogP contribution >= 0.6 is 0 Å². The SMILES string of the molecule is CNC12C(=O)C3=CCCC=C3C1(N)Oc1cc(C)ccc12. The number of carbonyl (C=O) groups excluding carboxylic acids is 1. The monoisotopic (exact) mass is 282 g/mol. The number of allylic oxidation sites excluding steroid dienone is 2. The quantitative estimate of drug-likeness (QED) is 0.822. The van der Waals surface area contributed by atoms with Gasteiger partial charge in [-0.1, -0.05) is 24.3 Å². The minimum Gasteiger partial charge on any atom is -0.465 e. The summed E-state index contributed by atoms with van der Waals surface area (Å²) >= 11 is 0. The summed E-state index contributed by atoms with van der Waals surface area (Å²) in [6.45, 7) is 2.00. The number of likely N-dealkylation sites (N-methyl/N-ethyl adjacent to an activating group) is 1. The van der Waals surface area contributed by atoms with Crippen molar-refractivity contribution in [3.05, 3.63) is 52.6 Å². The fourth-order valence-corrected chi connectivity index (χ4v) is 3.90. The molecule has 1 aromatic rings. The molecule has 0 aromatic heterocycles. The summed E-state index contributed by atoms with van der Waals surface area (Å²) in [6.07, 6.45) is 5.80. The van der Waals surface area contributed by atoms with Gasteiger partial charge in [0.05, 0.1) is 0 Å². The molecule has 0 saturated heterocycles. The van der Waals surface area contributed by atoms with Gasteiger partial charge in [-0.25, -0.2) is 0 Å². The molecular formula is C17H18N2O2. The molecule has 2 unspecified atom stereocenters. The third kappa shape index (κ3) is 1.25. The normalized spacial score (nSPS) is 32.8. The van der Waals surface area contributed by atoms with E-state index in [1.165, 1.54) is 0 Å². The Morgan fingerprint density at radius 3 is 2.81 bits per heavy atom. The van der Waals surface area contributed by atoms with Gasteiger partial charge in [-0.3, -0.25) is 15.8 Å². The van der Waals surface area contributed by atoms with Gasteiger partial charge in [0.1, 0.15) is 5.75 Å². The molecule has 2 aliphatic carbocycles. The average Bonchev–Trinajstić information content (AvgIpc) is 2.84. The van der Waals surface area contributed by atoms with Crippen LogP contribution in [-0.2, 0) is 10.3 Å². The Morgan fingerprint density at radius 2 is 2.05 bits per heavy atom. The van der Waals surface area contributed by atoms with E-state index in [-0.39, 0.29) is 5.78 Å². The highest BCUT2D eigenvalue weighted by atomic mass is 16.5. The van der Waals surface area contributed by atoms with E-state index in [0.29, 0.717) is 11.3 Å². The third-order valence-electron chi connectivity index (χ3n) is 4.88. The first-order valence-electron chi connectivity index (χ1n) is 7.28. The van der Waals surface area contributed by atoms with Gasteiger partial charge in [-0.15, -0.1) is 0 Å². The van der Waals surface area contributed by atoms with Crippen molar-refractivity contribution < 1.29 is 9.53 Å². The summed E-state index contributed by atoms with van der Waals surface area (Å²) < 4.78 is 6.12. The predicted octanol–water partition coefficient (Wildman–Crippen LogP) is 1.69. The second-order valence-corrected chi connectivity index (χ2v) is 5.98. The number of nitrogens with one attached hydrogen (secondary N) is 1. The molecule has 1 heterocycles. The van der Waals surface area contributed by atoms with Gasteiger partial charge in [0.15, 0.2) is 11.3 Å². The molecule has 3 aliphatic rings. The zero-order valence-corrected chi connectivity index (χ0v) is 12.2. The molecule has 0 amide bonds. The van der Waals surface area contributed by atoms with Crippen molar-refractivity contribution >= 4 is 5.78 Å². The van der Waals surface area contributed by atoms with E-state index in [0.717, 1.165) is 29.5 Å². The molecule has 4 rings (SSSR count). The van der Waals surface area contributed by atoms with E-state index in [9.17, 15) is 4.79 Å². The highest BCUT2D eigenvalue weighted by molar-refractivity contribution is 6.13. The van der Waals surface area contributed by atoms with Crippen LogP contribution in [0.15, 0.2) is 41.5 Å². The Balaban J connectivity index is 2.05. The molecule has 2 atom stereocenters.